The maximum absolute atomic E-state index is 10.0. The summed E-state index contributed by atoms with van der Waals surface area (Å²) in [6, 6.07) is 0. The van der Waals surface area contributed by atoms with Gasteiger partial charge in [0, 0.05) is 0 Å². The normalized spacial score (nSPS) is 10.7. The number of unbranched alkanes of at least 4 members (excludes halogenated alkanes) is 1. The molecule has 0 unspecified atom stereocenters. The fourth-order valence-corrected chi connectivity index (χ4v) is 2.19. The monoisotopic (exact) mass is 206 g/mol. The van der Waals surface area contributed by atoms with Gasteiger partial charge < -0.3 is 4.55 Å². The van der Waals surface area contributed by atoms with E-state index >= 15 is 0 Å². The van der Waals surface area contributed by atoms with Crippen LogP contribution >= 0.6 is 11.8 Å². The van der Waals surface area contributed by atoms with E-state index in [1.54, 1.807) is 0 Å². The quantitative estimate of drug-likeness (QED) is 0.297. The van der Waals surface area contributed by atoms with Crippen LogP contribution in [0.15, 0.2) is 0 Å². The molecule has 0 fully saturated rings. The van der Waals surface area contributed by atoms with Gasteiger partial charge in [-0.25, -0.2) is 8.42 Å². The molecule has 0 heterocycles. The van der Waals surface area contributed by atoms with E-state index in [9.17, 15) is 13.0 Å². The van der Waals surface area contributed by atoms with Gasteiger partial charge >= 0.3 is 29.6 Å². The van der Waals surface area contributed by atoms with E-state index in [2.05, 4.69) is 0 Å². The van der Waals surface area contributed by atoms with Crippen LogP contribution in [0.4, 0.5) is 0 Å². The van der Waals surface area contributed by atoms with Crippen LogP contribution in [0.2, 0.25) is 0 Å². The molecule has 0 saturated carbocycles. The summed E-state index contributed by atoms with van der Waals surface area (Å²) in [5, 5.41) is -0.285. The van der Waals surface area contributed by atoms with E-state index in [4.69, 9.17) is 0 Å². The molecule has 0 spiro atoms. The summed E-state index contributed by atoms with van der Waals surface area (Å²) in [5.74, 6) is 0.762. The van der Waals surface area contributed by atoms with Crippen molar-refractivity contribution < 1.29 is 42.5 Å². The van der Waals surface area contributed by atoms with Crippen LogP contribution in [0.1, 0.15) is 19.8 Å². The molecule has 0 radical (unpaired) electrons. The Hall–Kier alpha value is 1.26. The first-order valence-electron chi connectivity index (χ1n) is 3.07. The van der Waals surface area contributed by atoms with E-state index in [1.807, 2.05) is 6.92 Å². The summed E-state index contributed by atoms with van der Waals surface area (Å²) in [6.07, 6.45) is 2.01. The molecule has 0 aromatic rings. The first-order chi connectivity index (χ1) is 4.56. The molecule has 0 saturated heterocycles. The molecular weight excluding hydrogens is 195 g/mol. The molecule has 0 atom stereocenters. The largest absolute Gasteiger partial charge is 1.00 e. The van der Waals surface area contributed by atoms with Crippen LogP contribution in [-0.2, 0) is 10.1 Å². The van der Waals surface area contributed by atoms with Gasteiger partial charge in [0.25, 0.3) is 0 Å². The standard InChI is InChI=1S/C5H12O3S2.Na/c1-2-3-4-9-5-10(6,7)8;/h2-5H2,1H3,(H,6,7,8);/q;+1/p-1. The molecule has 3 nitrogen and oxygen atoms in total. The van der Waals surface area contributed by atoms with E-state index in [0.29, 0.717) is 0 Å². The van der Waals surface area contributed by atoms with Gasteiger partial charge in [-0.15, -0.1) is 11.8 Å². The summed E-state index contributed by atoms with van der Waals surface area (Å²) < 4.78 is 30.1. The summed E-state index contributed by atoms with van der Waals surface area (Å²) in [5.41, 5.74) is 0. The van der Waals surface area contributed by atoms with Gasteiger partial charge in [0.2, 0.25) is 0 Å². The van der Waals surface area contributed by atoms with E-state index < -0.39 is 10.1 Å². The van der Waals surface area contributed by atoms with Crippen molar-refractivity contribution in [3.63, 3.8) is 0 Å². The second-order valence-corrected chi connectivity index (χ2v) is 4.81. The Morgan fingerprint density at radius 3 is 2.36 bits per heavy atom. The molecule has 0 aliphatic carbocycles. The average molecular weight is 206 g/mol. The zero-order valence-corrected chi connectivity index (χ0v) is 10.5. The number of thioether (sulfide) groups is 1. The van der Waals surface area contributed by atoms with Crippen molar-refractivity contribution in [2.24, 2.45) is 0 Å². The predicted octanol–water partition coefficient (Wildman–Crippen LogP) is -1.97. The minimum absolute atomic E-state index is 0. The van der Waals surface area contributed by atoms with Crippen LogP contribution in [0, 0.1) is 0 Å². The van der Waals surface area contributed by atoms with Crippen LogP contribution in [0.3, 0.4) is 0 Å². The zero-order chi connectivity index (χ0) is 8.04. The molecule has 0 aliphatic rings. The fourth-order valence-electron chi connectivity index (χ4n) is 0.407. The topological polar surface area (TPSA) is 57.2 Å². The van der Waals surface area contributed by atoms with Gasteiger partial charge in [0.05, 0.1) is 5.08 Å². The SMILES string of the molecule is CCCCSCS(=O)(=O)[O-].[Na+]. The van der Waals surface area contributed by atoms with E-state index in [1.165, 1.54) is 11.8 Å². The Labute approximate surface area is 94.4 Å². The van der Waals surface area contributed by atoms with E-state index in [0.717, 1.165) is 18.6 Å². The molecular formula is C5H11NaO3S2. The second kappa shape index (κ2) is 7.89. The fraction of sp³-hybridized carbons (Fsp3) is 1.00. The molecule has 6 heteroatoms. The molecule has 0 amide bonds. The minimum atomic E-state index is -3.99. The Morgan fingerprint density at radius 1 is 1.45 bits per heavy atom. The Bertz CT molecular complexity index is 167. The molecule has 0 bridgehead atoms. The van der Waals surface area contributed by atoms with E-state index in [-0.39, 0.29) is 34.6 Å². The Balaban J connectivity index is 0. The maximum atomic E-state index is 10.0. The Morgan fingerprint density at radius 2 is 2.00 bits per heavy atom. The van der Waals surface area contributed by atoms with Crippen molar-refractivity contribution in [2.45, 2.75) is 19.8 Å². The molecule has 62 valence electrons. The van der Waals surface area contributed by atoms with Gasteiger partial charge in [-0.05, 0) is 12.2 Å². The average Bonchev–Trinajstić information content (AvgIpc) is 1.78. The molecule has 0 aliphatic heterocycles. The summed E-state index contributed by atoms with van der Waals surface area (Å²) in [4.78, 5) is 0. The maximum Gasteiger partial charge on any atom is 1.00 e. The third kappa shape index (κ3) is 14.2. The van der Waals surface area contributed by atoms with Crippen LogP contribution in [0.5, 0.6) is 0 Å². The third-order valence-electron chi connectivity index (χ3n) is 0.870. The zero-order valence-electron chi connectivity index (χ0n) is 6.87. The van der Waals surface area contributed by atoms with Crippen molar-refractivity contribution in [1.82, 2.24) is 0 Å². The van der Waals surface area contributed by atoms with Crippen molar-refractivity contribution in [2.75, 3.05) is 10.8 Å². The van der Waals surface area contributed by atoms with Crippen LogP contribution < -0.4 is 29.6 Å². The molecule has 11 heavy (non-hydrogen) atoms. The van der Waals surface area contributed by atoms with Gasteiger partial charge in [0.15, 0.2) is 0 Å². The molecule has 0 rings (SSSR count). The number of hydrogen-bond donors (Lipinski definition) is 0. The van der Waals surface area contributed by atoms with Crippen LogP contribution in [0.25, 0.3) is 0 Å². The van der Waals surface area contributed by atoms with Gasteiger partial charge in [0.1, 0.15) is 10.1 Å². The predicted molar refractivity (Wildman–Crippen MR) is 41.9 cm³/mol. The van der Waals surface area contributed by atoms with Crippen LogP contribution in [-0.4, -0.2) is 23.8 Å². The first-order valence-corrected chi connectivity index (χ1v) is 5.81. The summed E-state index contributed by atoms with van der Waals surface area (Å²) >= 11 is 1.18. The van der Waals surface area contributed by atoms with Gasteiger partial charge in [-0.1, -0.05) is 13.3 Å². The van der Waals surface area contributed by atoms with Gasteiger partial charge in [-0.3, -0.25) is 0 Å². The van der Waals surface area contributed by atoms with Crippen molar-refractivity contribution >= 4 is 21.9 Å². The first kappa shape index (κ1) is 14.8. The minimum Gasteiger partial charge on any atom is -0.747 e. The van der Waals surface area contributed by atoms with Crippen molar-refractivity contribution in [1.29, 1.82) is 0 Å². The van der Waals surface area contributed by atoms with Crippen molar-refractivity contribution in [3.05, 3.63) is 0 Å². The van der Waals surface area contributed by atoms with Crippen molar-refractivity contribution in [3.8, 4) is 0 Å². The Kier molecular flexibility index (Phi) is 10.6. The summed E-state index contributed by atoms with van der Waals surface area (Å²) in [7, 11) is -3.99. The van der Waals surface area contributed by atoms with Gasteiger partial charge in [-0.2, -0.15) is 0 Å². The summed E-state index contributed by atoms with van der Waals surface area (Å²) in [6.45, 7) is 2.02. The molecule has 0 aromatic carbocycles. The molecule has 0 N–H and O–H groups in total. The smallest absolute Gasteiger partial charge is 0.747 e. The second-order valence-electron chi connectivity index (χ2n) is 1.94. The third-order valence-corrected chi connectivity index (χ3v) is 3.27. The number of hydrogen-bond acceptors (Lipinski definition) is 4. The number of rotatable bonds is 5. The molecule has 0 aromatic heterocycles.